The second-order valence-electron chi connectivity index (χ2n) is 5.34. The number of imide groups is 1. The van der Waals surface area contributed by atoms with Crippen LogP contribution in [-0.4, -0.2) is 21.8 Å². The summed E-state index contributed by atoms with van der Waals surface area (Å²) in [5, 5.41) is 1.27. The second-order valence-corrected chi connectivity index (χ2v) is 6.37. The molecule has 1 unspecified atom stereocenters. The minimum Gasteiger partial charge on any atom is -0.273 e. The smallest absolute Gasteiger partial charge is 0.255 e. The molecule has 5 nitrogen and oxygen atoms in total. The first-order valence-corrected chi connectivity index (χ1v) is 7.91. The molecule has 0 saturated carbocycles. The maximum absolute atomic E-state index is 13.5. The number of nitrogens with zero attached hydrogens (tertiary/aromatic N) is 2. The van der Waals surface area contributed by atoms with Gasteiger partial charge in [-0.2, -0.15) is 5.01 Å². The van der Waals surface area contributed by atoms with Crippen LogP contribution in [0.4, 0.5) is 9.52 Å². The van der Waals surface area contributed by atoms with Gasteiger partial charge in [-0.25, -0.2) is 9.37 Å². The highest BCUT2D eigenvalue weighted by Gasteiger charge is 2.25. The fraction of sp³-hybridized carbons (Fsp3) is 0.312. The second kappa shape index (κ2) is 6.87. The molecule has 1 heterocycles. The molecule has 0 bridgehead atoms. The van der Waals surface area contributed by atoms with Crippen molar-refractivity contribution in [1.29, 1.82) is 0 Å². The largest absolute Gasteiger partial charge is 0.273 e. The van der Waals surface area contributed by atoms with Gasteiger partial charge in [0.15, 0.2) is 0 Å². The zero-order chi connectivity index (χ0) is 17.1. The SMILES string of the molecule is C=C(C)C(C)C(=O)N(Nc1nc2c(s1)C=C(F)CC=C2)C(C)=O. The predicted octanol–water partition coefficient (Wildman–Crippen LogP) is 3.78. The molecule has 1 aliphatic rings. The number of carbonyl (C=O) groups is 2. The van der Waals surface area contributed by atoms with E-state index in [1.807, 2.05) is 0 Å². The summed E-state index contributed by atoms with van der Waals surface area (Å²) in [4.78, 5) is 29.1. The maximum Gasteiger partial charge on any atom is 0.255 e. The number of rotatable bonds is 4. The van der Waals surface area contributed by atoms with Crippen LogP contribution in [0, 0.1) is 5.92 Å². The number of fused-ring (bicyclic) bond motifs is 1. The van der Waals surface area contributed by atoms with Crippen LogP contribution in [0.15, 0.2) is 24.1 Å². The Hall–Kier alpha value is -2.28. The van der Waals surface area contributed by atoms with Crippen LogP contribution in [-0.2, 0) is 9.59 Å². The number of amides is 2. The van der Waals surface area contributed by atoms with Crippen LogP contribution in [0.3, 0.4) is 0 Å². The summed E-state index contributed by atoms with van der Waals surface area (Å²) >= 11 is 1.18. The van der Waals surface area contributed by atoms with Crippen molar-refractivity contribution in [3.8, 4) is 0 Å². The van der Waals surface area contributed by atoms with Gasteiger partial charge in [0.1, 0.15) is 5.83 Å². The molecule has 0 saturated heterocycles. The number of thiazole rings is 1. The quantitative estimate of drug-likeness (QED) is 0.672. The lowest BCUT2D eigenvalue weighted by Gasteiger charge is -2.22. The van der Waals surface area contributed by atoms with E-state index in [2.05, 4.69) is 17.0 Å². The summed E-state index contributed by atoms with van der Waals surface area (Å²) in [5.74, 6) is -1.62. The number of nitrogens with one attached hydrogen (secondary N) is 1. The van der Waals surface area contributed by atoms with Crippen LogP contribution in [0.5, 0.6) is 0 Å². The lowest BCUT2D eigenvalue weighted by molar-refractivity contribution is -0.143. The molecule has 122 valence electrons. The first-order chi connectivity index (χ1) is 10.8. The molecular formula is C16H18FN3O2S. The normalized spacial score (nSPS) is 14.3. The summed E-state index contributed by atoms with van der Waals surface area (Å²) in [5.41, 5.74) is 3.99. The molecule has 1 aromatic rings. The van der Waals surface area contributed by atoms with E-state index < -0.39 is 17.7 Å². The Balaban J connectivity index is 2.25. The lowest BCUT2D eigenvalue weighted by Crippen LogP contribution is -2.43. The number of aromatic nitrogens is 1. The third-order valence-corrected chi connectivity index (χ3v) is 4.33. The maximum atomic E-state index is 13.5. The molecular weight excluding hydrogens is 317 g/mol. The van der Waals surface area contributed by atoms with Crippen molar-refractivity contribution in [2.75, 3.05) is 5.43 Å². The molecule has 0 spiro atoms. The van der Waals surface area contributed by atoms with Gasteiger partial charge in [0, 0.05) is 13.3 Å². The molecule has 2 rings (SSSR count). The monoisotopic (exact) mass is 335 g/mol. The van der Waals surface area contributed by atoms with Crippen molar-refractivity contribution in [3.05, 3.63) is 34.6 Å². The van der Waals surface area contributed by atoms with E-state index in [9.17, 15) is 14.0 Å². The number of allylic oxidation sites excluding steroid dienone is 2. The van der Waals surface area contributed by atoms with Crippen LogP contribution in [0.1, 0.15) is 37.8 Å². The van der Waals surface area contributed by atoms with Gasteiger partial charge >= 0.3 is 0 Å². The van der Waals surface area contributed by atoms with Crippen molar-refractivity contribution in [1.82, 2.24) is 9.99 Å². The molecule has 0 aliphatic heterocycles. The van der Waals surface area contributed by atoms with Gasteiger partial charge in [-0.3, -0.25) is 15.0 Å². The number of anilines is 1. The highest BCUT2D eigenvalue weighted by atomic mass is 32.1. The van der Waals surface area contributed by atoms with Gasteiger partial charge in [0.05, 0.1) is 16.5 Å². The number of carbonyl (C=O) groups excluding carboxylic acids is 2. The third-order valence-electron chi connectivity index (χ3n) is 3.41. The Morgan fingerprint density at radius 3 is 2.78 bits per heavy atom. The topological polar surface area (TPSA) is 62.3 Å². The highest BCUT2D eigenvalue weighted by molar-refractivity contribution is 7.16. The van der Waals surface area contributed by atoms with Crippen LogP contribution in [0.2, 0.25) is 0 Å². The number of halogens is 1. The van der Waals surface area contributed by atoms with Crippen molar-refractivity contribution in [2.24, 2.45) is 5.92 Å². The van der Waals surface area contributed by atoms with Crippen LogP contribution < -0.4 is 5.43 Å². The first-order valence-electron chi connectivity index (χ1n) is 7.09. The fourth-order valence-electron chi connectivity index (χ4n) is 1.89. The molecule has 1 N–H and O–H groups in total. The summed E-state index contributed by atoms with van der Waals surface area (Å²) in [6, 6.07) is 0. The van der Waals surface area contributed by atoms with E-state index in [4.69, 9.17) is 0 Å². The highest BCUT2D eigenvalue weighted by Crippen LogP contribution is 2.30. The van der Waals surface area contributed by atoms with Gasteiger partial charge in [-0.05, 0) is 26.0 Å². The molecule has 1 aromatic heterocycles. The van der Waals surface area contributed by atoms with E-state index >= 15 is 0 Å². The Morgan fingerprint density at radius 2 is 2.17 bits per heavy atom. The minimum absolute atomic E-state index is 0.236. The van der Waals surface area contributed by atoms with Crippen molar-refractivity contribution >= 4 is 40.4 Å². The Morgan fingerprint density at radius 1 is 1.48 bits per heavy atom. The molecule has 23 heavy (non-hydrogen) atoms. The van der Waals surface area contributed by atoms with Crippen LogP contribution in [0.25, 0.3) is 12.2 Å². The third kappa shape index (κ3) is 3.92. The molecule has 0 fully saturated rings. The molecule has 0 aromatic carbocycles. The van der Waals surface area contributed by atoms with Gasteiger partial charge in [-0.15, -0.1) is 0 Å². The lowest BCUT2D eigenvalue weighted by atomic mass is 10.0. The first kappa shape index (κ1) is 17.1. The average Bonchev–Trinajstić information content (AvgIpc) is 2.76. The predicted molar refractivity (Wildman–Crippen MR) is 90.0 cm³/mol. The number of hydrogen-bond acceptors (Lipinski definition) is 5. The molecule has 7 heteroatoms. The van der Waals surface area contributed by atoms with Crippen molar-refractivity contribution in [2.45, 2.75) is 27.2 Å². The number of hydrogen-bond donors (Lipinski definition) is 1. The van der Waals surface area contributed by atoms with Gasteiger partial charge in [0.2, 0.25) is 11.0 Å². The van der Waals surface area contributed by atoms with Gasteiger partial charge < -0.3 is 0 Å². The van der Waals surface area contributed by atoms with Gasteiger partial charge in [-0.1, -0.05) is 29.6 Å². The van der Waals surface area contributed by atoms with E-state index in [0.29, 0.717) is 21.3 Å². The summed E-state index contributed by atoms with van der Waals surface area (Å²) < 4.78 is 13.5. The minimum atomic E-state index is -0.499. The van der Waals surface area contributed by atoms with Gasteiger partial charge in [0.25, 0.3) is 5.91 Å². The van der Waals surface area contributed by atoms with E-state index in [1.54, 1.807) is 26.0 Å². The molecule has 1 aliphatic carbocycles. The van der Waals surface area contributed by atoms with Crippen molar-refractivity contribution < 1.29 is 14.0 Å². The van der Waals surface area contributed by atoms with Crippen molar-refractivity contribution in [3.63, 3.8) is 0 Å². The van der Waals surface area contributed by atoms with E-state index in [1.165, 1.54) is 24.3 Å². The zero-order valence-corrected chi connectivity index (χ0v) is 14.0. The Kier molecular flexibility index (Phi) is 5.10. The summed E-state index contributed by atoms with van der Waals surface area (Å²) in [7, 11) is 0. The Labute approximate surface area is 138 Å². The zero-order valence-electron chi connectivity index (χ0n) is 13.2. The molecule has 2 amide bonds. The summed E-state index contributed by atoms with van der Waals surface area (Å²) in [6.07, 6.45) is 5.05. The molecule has 1 atom stereocenters. The van der Waals surface area contributed by atoms with Crippen LogP contribution >= 0.6 is 11.3 Å². The van der Waals surface area contributed by atoms with E-state index in [-0.39, 0.29) is 12.2 Å². The standard InChI is InChI=1S/C16H18FN3O2S/c1-9(2)10(3)15(22)20(11(4)21)19-16-18-13-7-5-6-12(17)8-14(13)23-16/h5,7-8,10H,1,6H2,2-4H3,(H,18,19). The summed E-state index contributed by atoms with van der Waals surface area (Å²) in [6.45, 7) is 8.43. The Bertz CT molecular complexity index is 721. The average molecular weight is 335 g/mol. The van der Waals surface area contributed by atoms with E-state index in [0.717, 1.165) is 5.01 Å². The molecule has 0 radical (unpaired) electrons. The number of hydrazine groups is 1. The fourth-order valence-corrected chi connectivity index (χ4v) is 2.78.